The molecule has 0 radical (unpaired) electrons. The van der Waals surface area contributed by atoms with Crippen LogP contribution in [0.1, 0.15) is 82.8 Å². The first-order chi connectivity index (χ1) is 17.3. The molecule has 0 aromatic heterocycles. The topological polar surface area (TPSA) is 107 Å². The lowest BCUT2D eigenvalue weighted by Crippen LogP contribution is -2.36. The van der Waals surface area contributed by atoms with Crippen LogP contribution in [0.2, 0.25) is 0 Å². The van der Waals surface area contributed by atoms with Crippen molar-refractivity contribution in [3.8, 4) is 11.5 Å². The first kappa shape index (κ1) is 29.5. The van der Waals surface area contributed by atoms with Gasteiger partial charge in [0, 0.05) is 0 Å². The number of ether oxygens (including phenoxy) is 2. The summed E-state index contributed by atoms with van der Waals surface area (Å²) < 4.78 is 44.5. The fourth-order valence-corrected chi connectivity index (χ4v) is 4.54. The second-order valence-corrected chi connectivity index (χ2v) is 10.5. The number of rotatable bonds is 16. The third-order valence-electron chi connectivity index (χ3n) is 5.95. The number of hydrogen-bond acceptors (Lipinski definition) is 6. The molecule has 1 unspecified atom stereocenters. The van der Waals surface area contributed by atoms with Gasteiger partial charge in [-0.3, -0.25) is 14.1 Å². The van der Waals surface area contributed by atoms with Crippen molar-refractivity contribution in [2.45, 2.75) is 89.7 Å². The fourth-order valence-electron chi connectivity index (χ4n) is 3.90. The number of esters is 2. The van der Waals surface area contributed by atoms with E-state index < -0.39 is 33.7 Å². The van der Waals surface area contributed by atoms with Gasteiger partial charge < -0.3 is 9.47 Å². The summed E-state index contributed by atoms with van der Waals surface area (Å²) in [4.78, 5) is 25.4. The summed E-state index contributed by atoms with van der Waals surface area (Å²) >= 11 is 0. The zero-order chi connectivity index (χ0) is 26.4. The van der Waals surface area contributed by atoms with E-state index in [-0.39, 0.29) is 5.75 Å². The number of carbonyl (C=O) groups is 2. The molecule has 8 heteroatoms. The van der Waals surface area contributed by atoms with Crippen molar-refractivity contribution in [2.75, 3.05) is 0 Å². The Bertz CT molecular complexity index is 1080. The first-order valence-corrected chi connectivity index (χ1v) is 14.3. The minimum atomic E-state index is -4.91. The number of carbonyl (C=O) groups excluding carboxylic acids is 2. The highest BCUT2D eigenvalue weighted by Crippen LogP contribution is 2.24. The monoisotopic (exact) mass is 518 g/mol. The summed E-state index contributed by atoms with van der Waals surface area (Å²) in [6.07, 6.45) is 8.82. The van der Waals surface area contributed by atoms with Crippen LogP contribution in [0.5, 0.6) is 11.5 Å². The van der Waals surface area contributed by atoms with Crippen molar-refractivity contribution in [1.29, 1.82) is 0 Å². The lowest BCUT2D eigenvalue weighted by Gasteiger charge is -2.15. The van der Waals surface area contributed by atoms with E-state index in [4.69, 9.17) is 9.47 Å². The predicted octanol–water partition coefficient (Wildman–Crippen LogP) is 6.09. The molecule has 2 aromatic rings. The average molecular weight is 519 g/mol. The van der Waals surface area contributed by atoms with Crippen molar-refractivity contribution >= 4 is 22.1 Å². The zero-order valence-electron chi connectivity index (χ0n) is 21.3. The second kappa shape index (κ2) is 15.4. The largest absolute Gasteiger partial charge is 0.426 e. The molecular formula is C28H38O7S. The van der Waals surface area contributed by atoms with Gasteiger partial charge in [0.25, 0.3) is 10.1 Å². The van der Waals surface area contributed by atoms with Crippen molar-refractivity contribution in [3.63, 3.8) is 0 Å². The normalized spacial score (nSPS) is 12.2. The molecule has 0 heterocycles. The molecular weight excluding hydrogens is 480 g/mol. The van der Waals surface area contributed by atoms with Crippen LogP contribution in [-0.2, 0) is 32.5 Å². The van der Waals surface area contributed by atoms with Gasteiger partial charge in [-0.05, 0) is 48.9 Å². The molecule has 7 nitrogen and oxygen atoms in total. The summed E-state index contributed by atoms with van der Waals surface area (Å²) in [6, 6.07) is 13.9. The molecule has 2 aromatic carbocycles. The summed E-state index contributed by atoms with van der Waals surface area (Å²) in [5, 5.41) is -2.09. The molecule has 0 amide bonds. The summed E-state index contributed by atoms with van der Waals surface area (Å²) in [7, 11) is -4.91. The van der Waals surface area contributed by atoms with Gasteiger partial charge in [0.05, 0.1) is 6.42 Å². The van der Waals surface area contributed by atoms with E-state index in [2.05, 4.69) is 13.8 Å². The lowest BCUT2D eigenvalue weighted by atomic mass is 10.1. The van der Waals surface area contributed by atoms with E-state index in [9.17, 15) is 22.6 Å². The molecule has 0 aliphatic heterocycles. The molecule has 0 fully saturated rings. The number of unbranched alkanes of at least 4 members (excludes halogenated alkanes) is 6. The van der Waals surface area contributed by atoms with Crippen LogP contribution in [-0.4, -0.2) is 30.2 Å². The highest BCUT2D eigenvalue weighted by molar-refractivity contribution is 7.87. The maximum atomic E-state index is 12.8. The highest BCUT2D eigenvalue weighted by Gasteiger charge is 2.36. The van der Waals surface area contributed by atoms with E-state index >= 15 is 0 Å². The van der Waals surface area contributed by atoms with Crippen molar-refractivity contribution in [2.24, 2.45) is 0 Å². The Hall–Kier alpha value is -2.71. The van der Waals surface area contributed by atoms with Gasteiger partial charge in [-0.25, -0.2) is 0 Å². The SMILES string of the molecule is CCCCCCc1ccccc1OC(=O)CC(C(=O)Oc1ccccc1CCCCCC)S(=O)(=O)O. The van der Waals surface area contributed by atoms with Gasteiger partial charge in [-0.15, -0.1) is 0 Å². The Morgan fingerprint density at radius 3 is 1.69 bits per heavy atom. The number of benzene rings is 2. The van der Waals surface area contributed by atoms with Crippen LogP contribution in [0.25, 0.3) is 0 Å². The smallest absolute Gasteiger partial charge is 0.332 e. The number of aryl methyl sites for hydroxylation is 2. The van der Waals surface area contributed by atoms with Gasteiger partial charge in [-0.1, -0.05) is 88.8 Å². The molecule has 1 atom stereocenters. The minimum Gasteiger partial charge on any atom is -0.426 e. The van der Waals surface area contributed by atoms with Gasteiger partial charge in [0.1, 0.15) is 11.5 Å². The van der Waals surface area contributed by atoms with Crippen LogP contribution >= 0.6 is 0 Å². The molecule has 0 bridgehead atoms. The Labute approximate surface area is 215 Å². The molecule has 0 spiro atoms. The first-order valence-electron chi connectivity index (χ1n) is 12.8. The molecule has 2 rings (SSSR count). The van der Waals surface area contributed by atoms with E-state index in [1.807, 2.05) is 24.3 Å². The van der Waals surface area contributed by atoms with E-state index in [0.29, 0.717) is 18.6 Å². The average Bonchev–Trinajstić information content (AvgIpc) is 2.84. The second-order valence-electron chi connectivity index (χ2n) is 8.94. The standard InChI is InChI=1S/C28H38O7S/c1-3-5-7-9-15-22-17-11-13-19-24(22)34-27(29)21-26(36(31,32)33)28(30)35-25-20-14-12-18-23(25)16-10-8-6-4-2/h11-14,17-20,26H,3-10,15-16,21H2,1-2H3,(H,31,32,33). The van der Waals surface area contributed by atoms with Gasteiger partial charge in [0.15, 0.2) is 5.25 Å². The Balaban J connectivity index is 2.08. The van der Waals surface area contributed by atoms with Crippen LogP contribution in [0.4, 0.5) is 0 Å². The summed E-state index contributed by atoms with van der Waals surface area (Å²) in [5.74, 6) is -1.62. The maximum absolute atomic E-state index is 12.8. The predicted molar refractivity (Wildman–Crippen MR) is 140 cm³/mol. The van der Waals surface area contributed by atoms with E-state index in [1.54, 1.807) is 24.3 Å². The van der Waals surface area contributed by atoms with Crippen molar-refractivity contribution in [3.05, 3.63) is 59.7 Å². The number of para-hydroxylation sites is 2. The fraction of sp³-hybridized carbons (Fsp3) is 0.500. The third-order valence-corrected chi connectivity index (χ3v) is 7.03. The quantitative estimate of drug-likeness (QED) is 0.124. The van der Waals surface area contributed by atoms with Crippen LogP contribution in [0.15, 0.2) is 48.5 Å². The van der Waals surface area contributed by atoms with Crippen LogP contribution in [0.3, 0.4) is 0 Å². The van der Waals surface area contributed by atoms with Gasteiger partial charge in [-0.2, -0.15) is 8.42 Å². The zero-order valence-corrected chi connectivity index (χ0v) is 22.1. The van der Waals surface area contributed by atoms with Crippen LogP contribution in [0, 0.1) is 0 Å². The number of hydrogen-bond donors (Lipinski definition) is 1. The van der Waals surface area contributed by atoms with E-state index in [0.717, 1.165) is 62.5 Å². The molecule has 0 aliphatic rings. The Morgan fingerprint density at radius 2 is 1.22 bits per heavy atom. The lowest BCUT2D eigenvalue weighted by molar-refractivity contribution is -0.140. The molecule has 0 saturated heterocycles. The van der Waals surface area contributed by atoms with Crippen molar-refractivity contribution < 1.29 is 32.0 Å². The Kier molecular flexibility index (Phi) is 12.6. The minimum absolute atomic E-state index is 0.221. The summed E-state index contributed by atoms with van der Waals surface area (Å²) in [6.45, 7) is 4.24. The van der Waals surface area contributed by atoms with E-state index in [1.165, 1.54) is 0 Å². The van der Waals surface area contributed by atoms with Gasteiger partial charge in [0.2, 0.25) is 0 Å². The molecule has 0 aliphatic carbocycles. The maximum Gasteiger partial charge on any atom is 0.332 e. The molecule has 198 valence electrons. The highest BCUT2D eigenvalue weighted by atomic mass is 32.2. The molecule has 36 heavy (non-hydrogen) atoms. The molecule has 0 saturated carbocycles. The van der Waals surface area contributed by atoms with Crippen LogP contribution < -0.4 is 9.47 Å². The van der Waals surface area contributed by atoms with Gasteiger partial charge >= 0.3 is 11.9 Å². The van der Waals surface area contributed by atoms with Crippen molar-refractivity contribution in [1.82, 2.24) is 0 Å². The Morgan fingerprint density at radius 1 is 0.750 bits per heavy atom. The molecule has 1 N–H and O–H groups in total. The third kappa shape index (κ3) is 10.1. The summed E-state index contributed by atoms with van der Waals surface area (Å²) in [5.41, 5.74) is 1.58.